The van der Waals surface area contributed by atoms with Crippen molar-refractivity contribution in [3.8, 4) is 11.5 Å². The minimum Gasteiger partial charge on any atom is -0.493 e. The standard InChI is InChI=1S/C18H15ClN2O4/c1-24-16-8-12(3-7-18(22)23)2-5-15(16)25-11-14-10-21-9-13(19)4-6-17(21)20-14/h2-10H,11H2,1H3,(H,22,23). The van der Waals surface area contributed by atoms with Crippen molar-refractivity contribution in [2.75, 3.05) is 7.11 Å². The highest BCUT2D eigenvalue weighted by Crippen LogP contribution is 2.29. The summed E-state index contributed by atoms with van der Waals surface area (Å²) >= 11 is 5.96. The Kier molecular flexibility index (Phi) is 4.90. The van der Waals surface area contributed by atoms with E-state index in [4.69, 9.17) is 26.2 Å². The molecule has 7 heteroatoms. The first-order valence-electron chi connectivity index (χ1n) is 7.40. The molecule has 0 fully saturated rings. The molecule has 0 aliphatic heterocycles. The number of nitrogens with zero attached hydrogens (tertiary/aromatic N) is 2. The van der Waals surface area contributed by atoms with Crippen molar-refractivity contribution in [2.24, 2.45) is 0 Å². The number of hydrogen-bond donors (Lipinski definition) is 1. The van der Waals surface area contributed by atoms with E-state index in [0.717, 1.165) is 17.4 Å². The maximum Gasteiger partial charge on any atom is 0.328 e. The van der Waals surface area contributed by atoms with E-state index in [9.17, 15) is 4.79 Å². The van der Waals surface area contributed by atoms with Gasteiger partial charge < -0.3 is 19.0 Å². The molecule has 6 nitrogen and oxygen atoms in total. The first-order chi connectivity index (χ1) is 12.0. The van der Waals surface area contributed by atoms with E-state index in [1.807, 2.05) is 16.7 Å². The van der Waals surface area contributed by atoms with Crippen LogP contribution in [0.2, 0.25) is 5.02 Å². The molecule has 3 aromatic rings. The lowest BCUT2D eigenvalue weighted by Gasteiger charge is -2.10. The van der Waals surface area contributed by atoms with Crippen molar-refractivity contribution in [3.63, 3.8) is 0 Å². The number of ether oxygens (including phenoxy) is 2. The Bertz CT molecular complexity index is 949. The van der Waals surface area contributed by atoms with Crippen LogP contribution >= 0.6 is 11.6 Å². The second-order valence-corrected chi connectivity index (χ2v) is 5.65. The topological polar surface area (TPSA) is 73.1 Å². The van der Waals surface area contributed by atoms with Crippen LogP contribution in [0.4, 0.5) is 0 Å². The molecule has 2 heterocycles. The van der Waals surface area contributed by atoms with Crippen LogP contribution in [0.15, 0.2) is 48.8 Å². The van der Waals surface area contributed by atoms with Crippen LogP contribution in [0.5, 0.6) is 11.5 Å². The average Bonchev–Trinajstić information content (AvgIpc) is 3.00. The van der Waals surface area contributed by atoms with E-state index in [2.05, 4.69) is 4.98 Å². The second-order valence-electron chi connectivity index (χ2n) is 5.22. The second kappa shape index (κ2) is 7.27. The molecule has 3 rings (SSSR count). The fourth-order valence-electron chi connectivity index (χ4n) is 2.31. The van der Waals surface area contributed by atoms with Crippen LogP contribution in [-0.2, 0) is 11.4 Å². The first-order valence-corrected chi connectivity index (χ1v) is 7.78. The third-order valence-corrected chi connectivity index (χ3v) is 3.67. The fraction of sp³-hybridized carbons (Fsp3) is 0.111. The molecule has 0 saturated carbocycles. The summed E-state index contributed by atoms with van der Waals surface area (Å²) in [5, 5.41) is 9.31. The van der Waals surface area contributed by atoms with Crippen LogP contribution in [0, 0.1) is 0 Å². The van der Waals surface area contributed by atoms with Gasteiger partial charge in [-0.1, -0.05) is 17.7 Å². The number of aromatic nitrogens is 2. The lowest BCUT2D eigenvalue weighted by Crippen LogP contribution is -1.98. The van der Waals surface area contributed by atoms with Gasteiger partial charge in [-0.3, -0.25) is 0 Å². The Morgan fingerprint density at radius 1 is 1.28 bits per heavy atom. The smallest absolute Gasteiger partial charge is 0.328 e. The number of pyridine rings is 1. The van der Waals surface area contributed by atoms with Crippen LogP contribution in [0.25, 0.3) is 11.7 Å². The van der Waals surface area contributed by atoms with E-state index >= 15 is 0 Å². The van der Waals surface area contributed by atoms with Gasteiger partial charge in [-0.25, -0.2) is 9.78 Å². The van der Waals surface area contributed by atoms with Gasteiger partial charge in [-0.05, 0) is 35.9 Å². The zero-order valence-corrected chi connectivity index (χ0v) is 14.1. The highest BCUT2D eigenvalue weighted by atomic mass is 35.5. The number of halogens is 1. The van der Waals surface area contributed by atoms with Gasteiger partial charge in [-0.2, -0.15) is 0 Å². The molecule has 0 aliphatic carbocycles. The number of benzene rings is 1. The van der Waals surface area contributed by atoms with Gasteiger partial charge >= 0.3 is 5.97 Å². The molecule has 1 aromatic carbocycles. The predicted molar refractivity (Wildman–Crippen MR) is 94.2 cm³/mol. The summed E-state index contributed by atoms with van der Waals surface area (Å²) in [6, 6.07) is 8.79. The van der Waals surface area contributed by atoms with E-state index in [-0.39, 0.29) is 6.61 Å². The predicted octanol–water partition coefficient (Wildman–Crippen LogP) is 3.67. The van der Waals surface area contributed by atoms with E-state index in [1.54, 1.807) is 30.5 Å². The number of rotatable bonds is 6. The lowest BCUT2D eigenvalue weighted by atomic mass is 10.2. The van der Waals surface area contributed by atoms with Crippen LogP contribution < -0.4 is 9.47 Å². The van der Waals surface area contributed by atoms with Gasteiger partial charge in [0.2, 0.25) is 0 Å². The number of carbonyl (C=O) groups is 1. The summed E-state index contributed by atoms with van der Waals surface area (Å²) in [4.78, 5) is 15.0. The molecule has 0 spiro atoms. The molecule has 0 bridgehead atoms. The Hall–Kier alpha value is -2.99. The highest BCUT2D eigenvalue weighted by Gasteiger charge is 2.08. The van der Waals surface area contributed by atoms with Crippen LogP contribution in [0.1, 0.15) is 11.3 Å². The quantitative estimate of drug-likeness (QED) is 0.680. The Balaban J connectivity index is 1.76. The monoisotopic (exact) mass is 358 g/mol. The Morgan fingerprint density at radius 3 is 2.88 bits per heavy atom. The van der Waals surface area contributed by atoms with Crippen molar-refractivity contribution < 1.29 is 19.4 Å². The van der Waals surface area contributed by atoms with Crippen molar-refractivity contribution in [3.05, 3.63) is 65.1 Å². The number of hydrogen-bond acceptors (Lipinski definition) is 4. The van der Waals surface area contributed by atoms with E-state index in [0.29, 0.717) is 22.1 Å². The zero-order valence-electron chi connectivity index (χ0n) is 13.3. The molecule has 0 amide bonds. The maximum atomic E-state index is 10.6. The molecule has 2 aromatic heterocycles. The normalized spacial score (nSPS) is 11.1. The molecule has 0 radical (unpaired) electrons. The van der Waals surface area contributed by atoms with Crippen molar-refractivity contribution in [1.82, 2.24) is 9.38 Å². The van der Waals surface area contributed by atoms with Crippen molar-refractivity contribution >= 4 is 29.3 Å². The van der Waals surface area contributed by atoms with Gasteiger partial charge in [0.05, 0.1) is 17.8 Å². The fourth-order valence-corrected chi connectivity index (χ4v) is 2.48. The summed E-state index contributed by atoms with van der Waals surface area (Å²) in [6.45, 7) is 0.264. The minimum atomic E-state index is -1.01. The van der Waals surface area contributed by atoms with Crippen molar-refractivity contribution in [2.45, 2.75) is 6.61 Å². The molecule has 1 N–H and O–H groups in total. The Labute approximate surface area is 148 Å². The number of fused-ring (bicyclic) bond motifs is 1. The molecular formula is C18H15ClN2O4. The van der Waals surface area contributed by atoms with E-state index < -0.39 is 5.97 Å². The highest BCUT2D eigenvalue weighted by molar-refractivity contribution is 6.30. The largest absolute Gasteiger partial charge is 0.493 e. The number of methoxy groups -OCH3 is 1. The number of aliphatic carboxylic acids is 1. The molecule has 0 saturated heterocycles. The summed E-state index contributed by atoms with van der Waals surface area (Å²) in [7, 11) is 1.53. The van der Waals surface area contributed by atoms with E-state index in [1.165, 1.54) is 13.2 Å². The number of carboxylic acids is 1. The third kappa shape index (κ3) is 4.10. The number of imidazole rings is 1. The van der Waals surface area contributed by atoms with Crippen LogP contribution in [0.3, 0.4) is 0 Å². The van der Waals surface area contributed by atoms with Gasteiger partial charge in [0.25, 0.3) is 0 Å². The third-order valence-electron chi connectivity index (χ3n) is 3.45. The molecular weight excluding hydrogens is 344 g/mol. The first kappa shape index (κ1) is 16.9. The average molecular weight is 359 g/mol. The SMILES string of the molecule is COc1cc(C=CC(=O)O)ccc1OCc1cn2cc(Cl)ccc2n1. The maximum absolute atomic E-state index is 10.6. The molecule has 0 atom stereocenters. The lowest BCUT2D eigenvalue weighted by molar-refractivity contribution is -0.131. The summed E-state index contributed by atoms with van der Waals surface area (Å²) in [6.07, 6.45) is 6.17. The van der Waals surface area contributed by atoms with Gasteiger partial charge in [0, 0.05) is 18.5 Å². The molecule has 0 unspecified atom stereocenters. The van der Waals surface area contributed by atoms with Crippen LogP contribution in [-0.4, -0.2) is 27.6 Å². The van der Waals surface area contributed by atoms with Gasteiger partial charge in [0.15, 0.2) is 11.5 Å². The Morgan fingerprint density at radius 2 is 2.12 bits per heavy atom. The number of carboxylic acid groups (broad SMARTS) is 1. The van der Waals surface area contributed by atoms with Gasteiger partial charge in [0.1, 0.15) is 12.3 Å². The molecule has 0 aliphatic rings. The van der Waals surface area contributed by atoms with Gasteiger partial charge in [-0.15, -0.1) is 0 Å². The minimum absolute atomic E-state index is 0.264. The molecule has 128 valence electrons. The molecule has 25 heavy (non-hydrogen) atoms. The summed E-state index contributed by atoms with van der Waals surface area (Å²) < 4.78 is 12.9. The summed E-state index contributed by atoms with van der Waals surface area (Å²) in [5.74, 6) is 0.0515. The summed E-state index contributed by atoms with van der Waals surface area (Å²) in [5.41, 5.74) is 2.23. The zero-order chi connectivity index (χ0) is 17.8. The van der Waals surface area contributed by atoms with Crippen molar-refractivity contribution in [1.29, 1.82) is 0 Å².